The topological polar surface area (TPSA) is 103 Å². The van der Waals surface area contributed by atoms with Crippen LogP contribution in [0.2, 0.25) is 0 Å². The predicted molar refractivity (Wildman–Crippen MR) is 97.6 cm³/mol. The second kappa shape index (κ2) is 10.4. The summed E-state index contributed by atoms with van der Waals surface area (Å²) in [7, 11) is 1.55. The van der Waals surface area contributed by atoms with Crippen LogP contribution in [0.15, 0.2) is 24.3 Å². The van der Waals surface area contributed by atoms with Gasteiger partial charge >= 0.3 is 12.0 Å². The molecule has 8 nitrogen and oxygen atoms in total. The summed E-state index contributed by atoms with van der Waals surface area (Å²) in [5.41, 5.74) is 0. The standard InChI is InChI=1S/C19H26N2O6/c1-13(18(23)21-19(24)20-14-6-4-3-5-7-14)27-17(22)12-26-16-10-8-15(25-2)9-11-16/h8-11,13-14H,3-7,12H2,1-2H3,(H2,20,21,23,24)/t13-/m1/s1. The minimum Gasteiger partial charge on any atom is -0.497 e. The van der Waals surface area contributed by atoms with Crippen LogP contribution >= 0.6 is 0 Å². The van der Waals surface area contributed by atoms with Gasteiger partial charge in [-0.3, -0.25) is 10.1 Å². The summed E-state index contributed by atoms with van der Waals surface area (Å²) in [6, 6.07) is 6.21. The largest absolute Gasteiger partial charge is 0.497 e. The molecule has 148 valence electrons. The number of benzene rings is 1. The minimum atomic E-state index is -1.10. The molecule has 1 saturated carbocycles. The third kappa shape index (κ3) is 7.16. The van der Waals surface area contributed by atoms with Gasteiger partial charge in [0.15, 0.2) is 12.7 Å². The van der Waals surface area contributed by atoms with Crippen LogP contribution in [0, 0.1) is 0 Å². The van der Waals surface area contributed by atoms with E-state index < -0.39 is 24.0 Å². The number of rotatable bonds is 7. The Kier molecular flexibility index (Phi) is 7.91. The lowest BCUT2D eigenvalue weighted by molar-refractivity contribution is -0.156. The third-order valence-electron chi connectivity index (χ3n) is 4.27. The predicted octanol–water partition coefficient (Wildman–Crippen LogP) is 2.16. The Morgan fingerprint density at radius 2 is 1.70 bits per heavy atom. The average molecular weight is 378 g/mol. The first-order chi connectivity index (χ1) is 13.0. The monoisotopic (exact) mass is 378 g/mol. The number of ether oxygens (including phenoxy) is 3. The maximum Gasteiger partial charge on any atom is 0.344 e. The molecule has 1 aromatic carbocycles. The van der Waals surface area contributed by atoms with Crippen molar-refractivity contribution in [2.24, 2.45) is 0 Å². The summed E-state index contributed by atoms with van der Waals surface area (Å²) >= 11 is 0. The molecule has 0 aliphatic heterocycles. The Morgan fingerprint density at radius 3 is 2.33 bits per heavy atom. The molecule has 0 spiro atoms. The van der Waals surface area contributed by atoms with Crippen LogP contribution in [-0.4, -0.2) is 43.8 Å². The molecule has 1 aliphatic rings. The zero-order valence-electron chi connectivity index (χ0n) is 15.7. The number of hydrogen-bond acceptors (Lipinski definition) is 6. The number of esters is 1. The van der Waals surface area contributed by atoms with E-state index in [2.05, 4.69) is 10.6 Å². The summed E-state index contributed by atoms with van der Waals surface area (Å²) in [6.45, 7) is 1.05. The van der Waals surface area contributed by atoms with Gasteiger partial charge in [-0.1, -0.05) is 19.3 Å². The van der Waals surface area contributed by atoms with Crippen molar-refractivity contribution in [3.05, 3.63) is 24.3 Å². The highest BCUT2D eigenvalue weighted by Gasteiger charge is 2.22. The summed E-state index contributed by atoms with van der Waals surface area (Å²) in [5.74, 6) is -0.249. The number of carbonyl (C=O) groups is 3. The Bertz CT molecular complexity index is 640. The van der Waals surface area contributed by atoms with Crippen molar-refractivity contribution >= 4 is 17.9 Å². The molecule has 0 radical (unpaired) electrons. The van der Waals surface area contributed by atoms with E-state index in [1.54, 1.807) is 31.4 Å². The van der Waals surface area contributed by atoms with Crippen molar-refractivity contribution in [1.29, 1.82) is 0 Å². The highest BCUT2D eigenvalue weighted by molar-refractivity contribution is 5.97. The molecule has 0 unspecified atom stereocenters. The van der Waals surface area contributed by atoms with Crippen molar-refractivity contribution in [3.63, 3.8) is 0 Å². The fraction of sp³-hybridized carbons (Fsp3) is 0.526. The zero-order chi connectivity index (χ0) is 19.6. The van der Waals surface area contributed by atoms with E-state index in [-0.39, 0.29) is 12.6 Å². The van der Waals surface area contributed by atoms with Gasteiger partial charge in [0.2, 0.25) is 0 Å². The van der Waals surface area contributed by atoms with Crippen LogP contribution in [0.1, 0.15) is 39.0 Å². The zero-order valence-corrected chi connectivity index (χ0v) is 15.7. The molecule has 0 heterocycles. The summed E-state index contributed by atoms with van der Waals surface area (Å²) < 4.78 is 15.3. The molecule has 2 N–H and O–H groups in total. The van der Waals surface area contributed by atoms with E-state index in [9.17, 15) is 14.4 Å². The van der Waals surface area contributed by atoms with Gasteiger partial charge in [-0.05, 0) is 44.0 Å². The van der Waals surface area contributed by atoms with Gasteiger partial charge in [0.05, 0.1) is 7.11 Å². The van der Waals surface area contributed by atoms with Crippen LogP contribution < -0.4 is 20.1 Å². The molecule has 27 heavy (non-hydrogen) atoms. The third-order valence-corrected chi connectivity index (χ3v) is 4.27. The van der Waals surface area contributed by atoms with Crippen LogP contribution in [0.3, 0.4) is 0 Å². The number of hydrogen-bond donors (Lipinski definition) is 2. The minimum absolute atomic E-state index is 0.0855. The molecule has 1 fully saturated rings. The van der Waals surface area contributed by atoms with E-state index in [1.807, 2.05) is 0 Å². The first kappa shape index (κ1) is 20.5. The molecule has 1 atom stereocenters. The fourth-order valence-corrected chi connectivity index (χ4v) is 2.78. The molecule has 3 amide bonds. The van der Waals surface area contributed by atoms with Gasteiger partial charge in [-0.15, -0.1) is 0 Å². The van der Waals surface area contributed by atoms with Crippen LogP contribution in [-0.2, 0) is 14.3 Å². The average Bonchev–Trinajstić information content (AvgIpc) is 2.67. The Labute approximate surface area is 158 Å². The summed E-state index contributed by atoms with van der Waals surface area (Å²) in [4.78, 5) is 35.6. The molecule has 1 aromatic rings. The number of methoxy groups -OCH3 is 1. The lowest BCUT2D eigenvalue weighted by Gasteiger charge is -2.23. The number of nitrogens with one attached hydrogen (secondary N) is 2. The molecule has 0 bridgehead atoms. The lowest BCUT2D eigenvalue weighted by atomic mass is 9.96. The van der Waals surface area contributed by atoms with Crippen molar-refractivity contribution in [3.8, 4) is 11.5 Å². The number of urea groups is 1. The molecule has 0 saturated heterocycles. The van der Waals surface area contributed by atoms with E-state index in [0.29, 0.717) is 11.5 Å². The van der Waals surface area contributed by atoms with E-state index in [4.69, 9.17) is 14.2 Å². The first-order valence-electron chi connectivity index (χ1n) is 9.05. The molecular weight excluding hydrogens is 352 g/mol. The Balaban J connectivity index is 1.69. The van der Waals surface area contributed by atoms with Crippen molar-refractivity contribution < 1.29 is 28.6 Å². The van der Waals surface area contributed by atoms with Gasteiger partial charge in [0.1, 0.15) is 11.5 Å². The van der Waals surface area contributed by atoms with E-state index in [1.165, 1.54) is 13.3 Å². The highest BCUT2D eigenvalue weighted by atomic mass is 16.6. The highest BCUT2D eigenvalue weighted by Crippen LogP contribution is 2.17. The van der Waals surface area contributed by atoms with Gasteiger partial charge < -0.3 is 19.5 Å². The molecule has 2 rings (SSSR count). The number of carbonyl (C=O) groups excluding carboxylic acids is 3. The van der Waals surface area contributed by atoms with Crippen molar-refractivity contribution in [2.45, 2.75) is 51.2 Å². The molecule has 1 aliphatic carbocycles. The molecule has 0 aromatic heterocycles. The number of amides is 3. The quantitative estimate of drug-likeness (QED) is 0.705. The lowest BCUT2D eigenvalue weighted by Crippen LogP contribution is -2.48. The normalized spacial score (nSPS) is 15.3. The first-order valence-corrected chi connectivity index (χ1v) is 9.05. The maximum absolute atomic E-state index is 12.0. The van der Waals surface area contributed by atoms with Crippen molar-refractivity contribution in [2.75, 3.05) is 13.7 Å². The molecule has 8 heteroatoms. The van der Waals surface area contributed by atoms with Gasteiger partial charge in [-0.25, -0.2) is 9.59 Å². The van der Waals surface area contributed by atoms with Crippen molar-refractivity contribution in [1.82, 2.24) is 10.6 Å². The smallest absolute Gasteiger partial charge is 0.344 e. The SMILES string of the molecule is COc1ccc(OCC(=O)O[C@H](C)C(=O)NC(=O)NC2CCCCC2)cc1. The van der Waals surface area contributed by atoms with E-state index >= 15 is 0 Å². The van der Waals surface area contributed by atoms with E-state index in [0.717, 1.165) is 25.7 Å². The van der Waals surface area contributed by atoms with Gasteiger partial charge in [0.25, 0.3) is 5.91 Å². The fourth-order valence-electron chi connectivity index (χ4n) is 2.78. The maximum atomic E-state index is 12.0. The second-order valence-corrected chi connectivity index (χ2v) is 6.39. The van der Waals surface area contributed by atoms with Gasteiger partial charge in [0, 0.05) is 6.04 Å². The summed E-state index contributed by atoms with van der Waals surface area (Å²) in [5, 5.41) is 4.97. The van der Waals surface area contributed by atoms with Crippen LogP contribution in [0.25, 0.3) is 0 Å². The Morgan fingerprint density at radius 1 is 1.07 bits per heavy atom. The number of imide groups is 1. The second-order valence-electron chi connectivity index (χ2n) is 6.39. The van der Waals surface area contributed by atoms with Crippen LogP contribution in [0.4, 0.5) is 4.79 Å². The molecular formula is C19H26N2O6. The summed E-state index contributed by atoms with van der Waals surface area (Å²) in [6.07, 6.45) is 4.03. The van der Waals surface area contributed by atoms with Gasteiger partial charge in [-0.2, -0.15) is 0 Å². The Hall–Kier alpha value is -2.77. The van der Waals surface area contributed by atoms with Crippen LogP contribution in [0.5, 0.6) is 11.5 Å².